The third-order valence-electron chi connectivity index (χ3n) is 4.01. The molecule has 0 radical (unpaired) electrons. The Labute approximate surface area is 185 Å². The van der Waals surface area contributed by atoms with E-state index in [1.807, 2.05) is 12.3 Å². The van der Waals surface area contributed by atoms with E-state index in [0.717, 1.165) is 12.1 Å². The molecule has 2 rings (SSSR count). The van der Waals surface area contributed by atoms with Crippen molar-refractivity contribution in [1.82, 2.24) is 15.8 Å². The average Bonchev–Trinajstić information content (AvgIpc) is 3.14. The molecule has 0 aliphatic carbocycles. The highest BCUT2D eigenvalue weighted by Crippen LogP contribution is 2.28. The van der Waals surface area contributed by atoms with E-state index in [2.05, 4.69) is 29.7 Å². The summed E-state index contributed by atoms with van der Waals surface area (Å²) in [5, 5.41) is 2.47. The van der Waals surface area contributed by atoms with Crippen molar-refractivity contribution < 1.29 is 28.6 Å². The molecule has 2 N–H and O–H groups in total. The zero-order valence-electron chi connectivity index (χ0n) is 18.0. The van der Waals surface area contributed by atoms with Gasteiger partial charge in [-0.15, -0.1) is 11.3 Å². The van der Waals surface area contributed by atoms with Gasteiger partial charge < -0.3 is 14.2 Å². The normalized spacial score (nSPS) is 10.5. The molecule has 0 saturated heterocycles. The van der Waals surface area contributed by atoms with E-state index < -0.39 is 24.4 Å². The number of amides is 2. The maximum Gasteiger partial charge on any atom is 0.338 e. The maximum absolute atomic E-state index is 12.2. The summed E-state index contributed by atoms with van der Waals surface area (Å²) >= 11 is 1.36. The second kappa shape index (κ2) is 11.9. The molecule has 31 heavy (non-hydrogen) atoms. The lowest BCUT2D eigenvalue weighted by molar-refractivity contribution is -0.130. The molecule has 0 saturated carbocycles. The van der Waals surface area contributed by atoms with Crippen molar-refractivity contribution in [1.29, 1.82) is 0 Å². The van der Waals surface area contributed by atoms with Crippen molar-refractivity contribution in [3.63, 3.8) is 0 Å². The lowest BCUT2D eigenvalue weighted by Gasteiger charge is -2.13. The minimum Gasteiger partial charge on any atom is -0.493 e. The molecule has 0 fully saturated rings. The van der Waals surface area contributed by atoms with Gasteiger partial charge in [0.15, 0.2) is 18.1 Å². The number of aryl methyl sites for hydroxylation is 1. The quantitative estimate of drug-likeness (QED) is 0.423. The monoisotopic (exact) mass is 449 g/mol. The van der Waals surface area contributed by atoms with E-state index in [1.54, 1.807) is 6.07 Å². The van der Waals surface area contributed by atoms with Gasteiger partial charge in [0.05, 0.1) is 25.7 Å². The number of benzene rings is 1. The van der Waals surface area contributed by atoms with Gasteiger partial charge in [-0.1, -0.05) is 13.8 Å². The molecular formula is C21H27N3O6S. The van der Waals surface area contributed by atoms with Gasteiger partial charge in [0.25, 0.3) is 5.91 Å². The number of carbonyl (C=O) groups is 3. The fourth-order valence-electron chi connectivity index (χ4n) is 2.37. The van der Waals surface area contributed by atoms with E-state index in [1.165, 1.54) is 30.6 Å². The van der Waals surface area contributed by atoms with E-state index in [9.17, 15) is 14.4 Å². The van der Waals surface area contributed by atoms with Crippen LogP contribution in [0.25, 0.3) is 0 Å². The van der Waals surface area contributed by atoms with Crippen LogP contribution in [-0.4, -0.2) is 43.1 Å². The first-order chi connectivity index (χ1) is 14.8. The number of rotatable bonds is 10. The molecule has 1 heterocycles. The zero-order chi connectivity index (χ0) is 22.8. The highest BCUT2D eigenvalue weighted by Gasteiger charge is 2.15. The highest BCUT2D eigenvalue weighted by atomic mass is 32.1. The minimum atomic E-state index is -0.702. The van der Waals surface area contributed by atoms with Gasteiger partial charge in [0.1, 0.15) is 5.01 Å². The smallest absolute Gasteiger partial charge is 0.338 e. The number of nitrogens with one attached hydrogen (secondary N) is 2. The summed E-state index contributed by atoms with van der Waals surface area (Å²) in [4.78, 5) is 40.0. The number of hydrazine groups is 1. The van der Waals surface area contributed by atoms with E-state index >= 15 is 0 Å². The van der Waals surface area contributed by atoms with Crippen LogP contribution in [0.2, 0.25) is 0 Å². The lowest BCUT2D eigenvalue weighted by Crippen LogP contribution is -2.44. The molecule has 2 aromatic rings. The number of thiazole rings is 1. The fraction of sp³-hybridized carbons (Fsp3) is 0.429. The number of hydrogen-bond donors (Lipinski definition) is 2. The first-order valence-electron chi connectivity index (χ1n) is 9.75. The third-order valence-corrected chi connectivity index (χ3v) is 4.97. The average molecular weight is 450 g/mol. The molecule has 168 valence electrons. The van der Waals surface area contributed by atoms with Gasteiger partial charge in [-0.05, 0) is 37.5 Å². The fourth-order valence-corrected chi connectivity index (χ4v) is 3.14. The van der Waals surface area contributed by atoms with Gasteiger partial charge in [-0.25, -0.2) is 9.78 Å². The number of hydrogen-bond acceptors (Lipinski definition) is 8. The SMILES string of the molecule is COc1cc(C(=O)OCC(=O)NNC(=O)Cc2nc(C)cs2)ccc1OCCC(C)C. The van der Waals surface area contributed by atoms with Gasteiger partial charge in [0.2, 0.25) is 5.91 Å². The van der Waals surface area contributed by atoms with E-state index in [-0.39, 0.29) is 12.0 Å². The summed E-state index contributed by atoms with van der Waals surface area (Å²) in [6, 6.07) is 4.64. The van der Waals surface area contributed by atoms with Gasteiger partial charge >= 0.3 is 5.97 Å². The van der Waals surface area contributed by atoms with Crippen LogP contribution in [-0.2, 0) is 20.7 Å². The summed E-state index contributed by atoms with van der Waals surface area (Å²) in [5.74, 6) is -0.369. The number of esters is 1. The highest BCUT2D eigenvalue weighted by molar-refractivity contribution is 7.09. The summed E-state index contributed by atoms with van der Waals surface area (Å²) in [5.41, 5.74) is 5.50. The van der Waals surface area contributed by atoms with Crippen molar-refractivity contribution >= 4 is 29.1 Å². The van der Waals surface area contributed by atoms with Crippen molar-refractivity contribution in [2.75, 3.05) is 20.3 Å². The molecule has 9 nitrogen and oxygen atoms in total. The second-order valence-corrected chi connectivity index (χ2v) is 8.07. The first-order valence-corrected chi connectivity index (χ1v) is 10.6. The number of aromatic nitrogens is 1. The number of nitrogens with zero attached hydrogens (tertiary/aromatic N) is 1. The van der Waals surface area contributed by atoms with Crippen LogP contribution < -0.4 is 20.3 Å². The van der Waals surface area contributed by atoms with Crippen LogP contribution in [0.3, 0.4) is 0 Å². The summed E-state index contributed by atoms with van der Waals surface area (Å²) in [6.45, 7) is 6.01. The molecule has 1 aromatic heterocycles. The summed E-state index contributed by atoms with van der Waals surface area (Å²) in [6.07, 6.45) is 0.937. The standard InChI is InChI=1S/C21H27N3O6S/c1-13(2)7-8-29-16-6-5-15(9-17(16)28-4)21(27)30-11-19(26)24-23-18(25)10-20-22-14(3)12-31-20/h5-6,9,12-13H,7-8,10-11H2,1-4H3,(H,23,25)(H,24,26). The van der Waals surface area contributed by atoms with Crippen LogP contribution in [0.4, 0.5) is 0 Å². The van der Waals surface area contributed by atoms with Gasteiger partial charge in [-0.2, -0.15) is 0 Å². The molecule has 0 spiro atoms. The third kappa shape index (κ3) is 8.25. The van der Waals surface area contributed by atoms with Crippen LogP contribution in [0.15, 0.2) is 23.6 Å². The predicted octanol–water partition coefficient (Wildman–Crippen LogP) is 2.43. The molecule has 0 atom stereocenters. The van der Waals surface area contributed by atoms with Crippen LogP contribution in [0.1, 0.15) is 41.3 Å². The van der Waals surface area contributed by atoms with Crippen molar-refractivity contribution in [2.24, 2.45) is 5.92 Å². The molecule has 0 unspecified atom stereocenters. The lowest BCUT2D eigenvalue weighted by atomic mass is 10.1. The molecule has 0 aliphatic rings. The Bertz CT molecular complexity index is 912. The topological polar surface area (TPSA) is 116 Å². The Morgan fingerprint density at radius 1 is 1.13 bits per heavy atom. The van der Waals surface area contributed by atoms with Gasteiger partial charge in [0, 0.05) is 11.1 Å². The van der Waals surface area contributed by atoms with Gasteiger partial charge in [-0.3, -0.25) is 20.4 Å². The Balaban J connectivity index is 1.78. The predicted molar refractivity (Wildman–Crippen MR) is 115 cm³/mol. The zero-order valence-corrected chi connectivity index (χ0v) is 18.8. The largest absolute Gasteiger partial charge is 0.493 e. The molecule has 0 aliphatic heterocycles. The Hall–Kier alpha value is -3.14. The van der Waals surface area contributed by atoms with Crippen LogP contribution in [0.5, 0.6) is 11.5 Å². The second-order valence-electron chi connectivity index (χ2n) is 7.13. The Morgan fingerprint density at radius 3 is 2.52 bits per heavy atom. The molecule has 0 bridgehead atoms. The molecule has 1 aromatic carbocycles. The molecule has 10 heteroatoms. The number of carbonyl (C=O) groups excluding carboxylic acids is 3. The number of ether oxygens (including phenoxy) is 3. The molecular weight excluding hydrogens is 422 g/mol. The van der Waals surface area contributed by atoms with Crippen molar-refractivity contribution in [3.8, 4) is 11.5 Å². The minimum absolute atomic E-state index is 0.0456. The maximum atomic E-state index is 12.2. The van der Waals surface area contributed by atoms with Crippen molar-refractivity contribution in [2.45, 2.75) is 33.6 Å². The Morgan fingerprint density at radius 2 is 1.87 bits per heavy atom. The summed E-state index contributed by atoms with van der Waals surface area (Å²) in [7, 11) is 1.48. The van der Waals surface area contributed by atoms with Crippen LogP contribution in [0, 0.1) is 12.8 Å². The van der Waals surface area contributed by atoms with Crippen LogP contribution >= 0.6 is 11.3 Å². The van der Waals surface area contributed by atoms with E-state index in [4.69, 9.17) is 14.2 Å². The Kier molecular flexibility index (Phi) is 9.26. The first kappa shape index (κ1) is 24.1. The van der Waals surface area contributed by atoms with Crippen molar-refractivity contribution in [3.05, 3.63) is 39.8 Å². The summed E-state index contributed by atoms with van der Waals surface area (Å²) < 4.78 is 15.9. The van der Waals surface area contributed by atoms with E-state index in [0.29, 0.717) is 29.0 Å². The number of methoxy groups -OCH3 is 1. The molecule has 2 amide bonds.